The average Bonchev–Trinajstić information content (AvgIpc) is 3.13. The lowest BCUT2D eigenvalue weighted by Gasteiger charge is -2.13. The molecule has 0 radical (unpaired) electrons. The molecule has 2 amide bonds. The highest BCUT2D eigenvalue weighted by Gasteiger charge is 2.28. The monoisotopic (exact) mass is 358 g/mol. The highest BCUT2D eigenvalue weighted by atomic mass is 32.1. The predicted molar refractivity (Wildman–Crippen MR) is 94.9 cm³/mol. The van der Waals surface area contributed by atoms with E-state index in [4.69, 9.17) is 5.73 Å². The number of rotatable bonds is 6. The molecule has 0 saturated heterocycles. The van der Waals surface area contributed by atoms with Crippen LogP contribution in [0.25, 0.3) is 0 Å². The van der Waals surface area contributed by atoms with Crippen LogP contribution in [0, 0.1) is 0 Å². The summed E-state index contributed by atoms with van der Waals surface area (Å²) in [6.45, 7) is 0. The van der Waals surface area contributed by atoms with Gasteiger partial charge in [0.05, 0.1) is 11.5 Å². The predicted octanol–water partition coefficient (Wildman–Crippen LogP) is 2.53. The number of aryl methyl sites for hydroxylation is 1. The summed E-state index contributed by atoms with van der Waals surface area (Å²) < 4.78 is 0. The Balaban J connectivity index is 1.79. The van der Waals surface area contributed by atoms with E-state index in [2.05, 4.69) is 5.32 Å². The lowest BCUT2D eigenvalue weighted by molar-refractivity contribution is -0.140. The van der Waals surface area contributed by atoms with Crippen LogP contribution < -0.4 is 11.1 Å². The van der Waals surface area contributed by atoms with Gasteiger partial charge in [0.1, 0.15) is 5.00 Å². The van der Waals surface area contributed by atoms with Gasteiger partial charge in [-0.3, -0.25) is 14.4 Å². The Morgan fingerprint density at radius 2 is 1.92 bits per heavy atom. The van der Waals surface area contributed by atoms with Crippen LogP contribution >= 0.6 is 11.3 Å². The molecule has 25 heavy (non-hydrogen) atoms. The Labute approximate surface area is 148 Å². The number of carboxylic acids is 1. The van der Waals surface area contributed by atoms with Gasteiger partial charge in [0.15, 0.2) is 0 Å². The summed E-state index contributed by atoms with van der Waals surface area (Å²) in [7, 11) is 0. The van der Waals surface area contributed by atoms with Crippen molar-refractivity contribution in [2.45, 2.75) is 31.6 Å². The van der Waals surface area contributed by atoms with Crippen molar-refractivity contribution in [3.63, 3.8) is 0 Å². The summed E-state index contributed by atoms with van der Waals surface area (Å²) in [6, 6.07) is 8.62. The molecule has 0 aliphatic heterocycles. The van der Waals surface area contributed by atoms with Crippen molar-refractivity contribution in [1.82, 2.24) is 0 Å². The van der Waals surface area contributed by atoms with E-state index in [1.165, 1.54) is 11.3 Å². The van der Waals surface area contributed by atoms with Crippen LogP contribution in [-0.4, -0.2) is 22.9 Å². The molecule has 7 heteroatoms. The van der Waals surface area contributed by atoms with Crippen LogP contribution in [0.2, 0.25) is 0 Å². The number of anilines is 1. The zero-order valence-electron chi connectivity index (χ0n) is 13.5. The molecule has 3 rings (SSSR count). The van der Waals surface area contributed by atoms with E-state index in [0.29, 0.717) is 16.1 Å². The largest absolute Gasteiger partial charge is 0.481 e. The summed E-state index contributed by atoms with van der Waals surface area (Å²) in [5.41, 5.74) is 7.33. The summed E-state index contributed by atoms with van der Waals surface area (Å²) in [5.74, 6) is -3.01. The SMILES string of the molecule is NC(=O)c1c(NC(=O)CC(C(=O)O)c2ccccc2)sc2c1CCC2. The number of fused-ring (bicyclic) bond motifs is 1. The van der Waals surface area contributed by atoms with Crippen LogP contribution in [0.4, 0.5) is 5.00 Å². The van der Waals surface area contributed by atoms with E-state index in [-0.39, 0.29) is 6.42 Å². The van der Waals surface area contributed by atoms with Crippen molar-refractivity contribution in [1.29, 1.82) is 0 Å². The molecule has 1 atom stereocenters. The molecule has 0 bridgehead atoms. The summed E-state index contributed by atoms with van der Waals surface area (Å²) in [4.78, 5) is 36.7. The van der Waals surface area contributed by atoms with Crippen molar-refractivity contribution in [2.75, 3.05) is 5.32 Å². The molecular weight excluding hydrogens is 340 g/mol. The molecular formula is C18H18N2O4S. The number of aliphatic carboxylic acids is 1. The Morgan fingerprint density at radius 1 is 1.20 bits per heavy atom. The molecule has 2 aromatic rings. The number of carbonyl (C=O) groups is 3. The van der Waals surface area contributed by atoms with Gasteiger partial charge in [-0.2, -0.15) is 0 Å². The number of hydrogen-bond donors (Lipinski definition) is 3. The zero-order chi connectivity index (χ0) is 18.0. The van der Waals surface area contributed by atoms with E-state index in [0.717, 1.165) is 29.7 Å². The molecule has 1 aliphatic carbocycles. The van der Waals surface area contributed by atoms with E-state index in [9.17, 15) is 19.5 Å². The van der Waals surface area contributed by atoms with Gasteiger partial charge in [0.2, 0.25) is 5.91 Å². The third-order valence-electron chi connectivity index (χ3n) is 4.31. The van der Waals surface area contributed by atoms with E-state index in [1.807, 2.05) is 0 Å². The summed E-state index contributed by atoms with van der Waals surface area (Å²) >= 11 is 1.36. The number of primary amides is 1. The molecule has 1 heterocycles. The maximum absolute atomic E-state index is 12.4. The second-order valence-corrected chi connectivity index (χ2v) is 7.08. The minimum absolute atomic E-state index is 0.208. The smallest absolute Gasteiger partial charge is 0.311 e. The molecule has 6 nitrogen and oxygen atoms in total. The highest BCUT2D eigenvalue weighted by molar-refractivity contribution is 7.17. The van der Waals surface area contributed by atoms with E-state index in [1.54, 1.807) is 30.3 Å². The van der Waals surface area contributed by atoms with Crippen LogP contribution in [-0.2, 0) is 22.4 Å². The maximum Gasteiger partial charge on any atom is 0.311 e. The second-order valence-electron chi connectivity index (χ2n) is 5.98. The molecule has 4 N–H and O–H groups in total. The maximum atomic E-state index is 12.4. The van der Waals surface area contributed by atoms with Crippen LogP contribution in [0.1, 0.15) is 45.1 Å². The number of benzene rings is 1. The molecule has 1 aromatic heterocycles. The van der Waals surface area contributed by atoms with Crippen molar-refractivity contribution in [3.05, 3.63) is 51.9 Å². The van der Waals surface area contributed by atoms with Crippen molar-refractivity contribution < 1.29 is 19.5 Å². The average molecular weight is 358 g/mol. The minimum atomic E-state index is -1.06. The Bertz CT molecular complexity index is 829. The van der Waals surface area contributed by atoms with Gasteiger partial charge in [-0.25, -0.2) is 0 Å². The first kappa shape index (κ1) is 17.2. The fourth-order valence-electron chi connectivity index (χ4n) is 3.15. The highest BCUT2D eigenvalue weighted by Crippen LogP contribution is 2.39. The zero-order valence-corrected chi connectivity index (χ0v) is 14.3. The van der Waals surface area contributed by atoms with Gasteiger partial charge >= 0.3 is 5.97 Å². The van der Waals surface area contributed by atoms with E-state index < -0.39 is 23.7 Å². The third kappa shape index (κ3) is 3.56. The molecule has 130 valence electrons. The van der Waals surface area contributed by atoms with Crippen LogP contribution in [0.5, 0.6) is 0 Å². The molecule has 0 saturated carbocycles. The van der Waals surface area contributed by atoms with Crippen molar-refractivity contribution in [2.24, 2.45) is 5.73 Å². The van der Waals surface area contributed by atoms with Crippen molar-refractivity contribution in [3.8, 4) is 0 Å². The Kier molecular flexibility index (Phi) is 4.85. The number of nitrogens with one attached hydrogen (secondary N) is 1. The normalized spacial score (nSPS) is 13.9. The number of thiophene rings is 1. The number of hydrogen-bond acceptors (Lipinski definition) is 4. The second kappa shape index (κ2) is 7.06. The number of amides is 2. The van der Waals surface area contributed by atoms with Gasteiger partial charge in [0, 0.05) is 11.3 Å². The Morgan fingerprint density at radius 3 is 2.56 bits per heavy atom. The topological polar surface area (TPSA) is 109 Å². The first-order chi connectivity index (χ1) is 12.0. The number of carbonyl (C=O) groups excluding carboxylic acids is 2. The number of nitrogens with two attached hydrogens (primary N) is 1. The fraction of sp³-hybridized carbons (Fsp3) is 0.278. The van der Waals surface area contributed by atoms with Gasteiger partial charge < -0.3 is 16.2 Å². The summed E-state index contributed by atoms with van der Waals surface area (Å²) in [5, 5.41) is 12.6. The van der Waals surface area contributed by atoms with Crippen LogP contribution in [0.15, 0.2) is 30.3 Å². The molecule has 0 fully saturated rings. The van der Waals surface area contributed by atoms with Crippen molar-refractivity contribution >= 4 is 34.1 Å². The first-order valence-electron chi connectivity index (χ1n) is 7.99. The fourth-order valence-corrected chi connectivity index (χ4v) is 4.46. The Hall–Kier alpha value is -2.67. The van der Waals surface area contributed by atoms with Gasteiger partial charge in [-0.1, -0.05) is 30.3 Å². The molecule has 1 aliphatic rings. The van der Waals surface area contributed by atoms with Gasteiger partial charge in [-0.05, 0) is 30.4 Å². The number of carboxylic acid groups (broad SMARTS) is 1. The standard InChI is InChI=1S/C18H18N2O4S/c19-16(22)15-11-7-4-8-13(11)25-17(15)20-14(21)9-12(18(23)24)10-5-2-1-3-6-10/h1-3,5-6,12H,4,7-9H2,(H2,19,22)(H,20,21)(H,23,24). The summed E-state index contributed by atoms with van der Waals surface area (Å²) in [6.07, 6.45) is 2.42. The third-order valence-corrected chi connectivity index (χ3v) is 5.52. The van der Waals surface area contributed by atoms with Gasteiger partial charge in [0.25, 0.3) is 5.91 Å². The molecule has 1 unspecified atom stereocenters. The quantitative estimate of drug-likeness (QED) is 0.737. The lowest BCUT2D eigenvalue weighted by Crippen LogP contribution is -2.22. The molecule has 1 aromatic carbocycles. The lowest BCUT2D eigenvalue weighted by atomic mass is 9.95. The van der Waals surface area contributed by atoms with E-state index >= 15 is 0 Å². The molecule has 0 spiro atoms. The van der Waals surface area contributed by atoms with Gasteiger partial charge in [-0.15, -0.1) is 11.3 Å². The minimum Gasteiger partial charge on any atom is -0.481 e. The first-order valence-corrected chi connectivity index (χ1v) is 8.81. The van der Waals surface area contributed by atoms with Crippen LogP contribution in [0.3, 0.4) is 0 Å².